The molecule has 0 unspecified atom stereocenters. The lowest BCUT2D eigenvalue weighted by atomic mass is 9.75. The summed E-state index contributed by atoms with van der Waals surface area (Å²) in [5, 5.41) is 12.0. The number of alkyl halides is 3. The Morgan fingerprint density at radius 1 is 1.38 bits per heavy atom. The summed E-state index contributed by atoms with van der Waals surface area (Å²) in [6.45, 7) is 0.178. The van der Waals surface area contributed by atoms with Crippen molar-refractivity contribution in [2.45, 2.75) is 19.1 Å². The lowest BCUT2D eigenvalue weighted by Gasteiger charge is -2.34. The highest BCUT2D eigenvalue weighted by molar-refractivity contribution is 6.30. The number of aliphatic hydroxyl groups is 1. The van der Waals surface area contributed by atoms with Gasteiger partial charge in [0.1, 0.15) is 5.41 Å². The highest BCUT2D eigenvalue weighted by atomic mass is 35.5. The van der Waals surface area contributed by atoms with Crippen molar-refractivity contribution >= 4 is 17.4 Å². The number of benzene rings is 1. The van der Waals surface area contributed by atoms with Crippen LogP contribution in [0.25, 0.3) is 0 Å². The molecule has 2 N–H and O–H groups in total. The van der Waals surface area contributed by atoms with E-state index in [0.717, 1.165) is 13.1 Å². The number of halogens is 4. The van der Waals surface area contributed by atoms with Crippen molar-refractivity contribution in [3.05, 3.63) is 46.6 Å². The SMILES string of the molecule is C[C@]1(C(F)(F)F)C(C(=O)c2ccc(Cl)cc2)=CN[C@@H]1CO. The Kier molecular flexibility index (Phi) is 4.04. The number of nitrogens with one attached hydrogen (secondary N) is 1. The zero-order valence-electron chi connectivity index (χ0n) is 11.0. The van der Waals surface area contributed by atoms with Gasteiger partial charge in [0, 0.05) is 22.4 Å². The van der Waals surface area contributed by atoms with E-state index in [1.165, 1.54) is 24.3 Å². The van der Waals surface area contributed by atoms with Crippen molar-refractivity contribution in [2.24, 2.45) is 5.41 Å². The molecule has 2 atom stereocenters. The second-order valence-corrected chi connectivity index (χ2v) is 5.43. The molecule has 0 amide bonds. The third-order valence-corrected chi connectivity index (χ3v) is 4.06. The largest absolute Gasteiger partial charge is 0.400 e. The predicted octanol–water partition coefficient (Wildman–Crippen LogP) is 2.94. The normalized spacial score (nSPS) is 25.4. The average Bonchev–Trinajstić information content (AvgIpc) is 2.76. The van der Waals surface area contributed by atoms with Gasteiger partial charge in [-0.2, -0.15) is 13.2 Å². The van der Waals surface area contributed by atoms with Crippen LogP contribution in [0.15, 0.2) is 36.0 Å². The van der Waals surface area contributed by atoms with Gasteiger partial charge in [-0.05, 0) is 31.2 Å². The molecule has 0 bridgehead atoms. The standard InChI is InChI=1S/C14H13ClF3NO2/c1-13(14(16,17)18)10(6-19-11(13)7-20)12(21)8-2-4-9(15)5-3-8/h2-6,11,19-20H,7H2,1H3/t11-,13+/m1/s1. The molecule has 0 fully saturated rings. The van der Waals surface area contributed by atoms with E-state index in [4.69, 9.17) is 16.7 Å². The highest BCUT2D eigenvalue weighted by Gasteiger charge is 2.61. The van der Waals surface area contributed by atoms with Crippen LogP contribution in [0.5, 0.6) is 0 Å². The maximum absolute atomic E-state index is 13.4. The lowest BCUT2D eigenvalue weighted by Crippen LogP contribution is -2.50. The summed E-state index contributed by atoms with van der Waals surface area (Å²) in [5.41, 5.74) is -2.75. The minimum Gasteiger partial charge on any atom is -0.394 e. The van der Waals surface area contributed by atoms with Crippen molar-refractivity contribution < 1.29 is 23.1 Å². The van der Waals surface area contributed by atoms with Crippen LogP contribution >= 0.6 is 11.6 Å². The van der Waals surface area contributed by atoms with Crippen LogP contribution in [-0.2, 0) is 0 Å². The van der Waals surface area contributed by atoms with Gasteiger partial charge in [-0.15, -0.1) is 0 Å². The second kappa shape index (κ2) is 5.35. The topological polar surface area (TPSA) is 49.3 Å². The molecule has 0 aliphatic carbocycles. The number of rotatable bonds is 3. The van der Waals surface area contributed by atoms with E-state index in [0.29, 0.717) is 5.02 Å². The fourth-order valence-electron chi connectivity index (χ4n) is 2.33. The summed E-state index contributed by atoms with van der Waals surface area (Å²) in [5.74, 6) is -0.741. The fourth-order valence-corrected chi connectivity index (χ4v) is 2.46. The smallest absolute Gasteiger partial charge is 0.394 e. The Morgan fingerprint density at radius 2 is 1.95 bits per heavy atom. The average molecular weight is 320 g/mol. The first kappa shape index (κ1) is 15.9. The van der Waals surface area contributed by atoms with E-state index in [1.54, 1.807) is 0 Å². The van der Waals surface area contributed by atoms with Crippen molar-refractivity contribution in [1.29, 1.82) is 0 Å². The van der Waals surface area contributed by atoms with Crippen LogP contribution in [0, 0.1) is 5.41 Å². The molecule has 114 valence electrons. The van der Waals surface area contributed by atoms with Gasteiger partial charge in [0.25, 0.3) is 0 Å². The first-order valence-corrected chi connectivity index (χ1v) is 6.54. The number of hydrogen-bond donors (Lipinski definition) is 2. The van der Waals surface area contributed by atoms with Gasteiger partial charge < -0.3 is 10.4 Å². The van der Waals surface area contributed by atoms with E-state index in [9.17, 15) is 18.0 Å². The van der Waals surface area contributed by atoms with Gasteiger partial charge in [0.15, 0.2) is 5.78 Å². The van der Waals surface area contributed by atoms with Gasteiger partial charge in [0.2, 0.25) is 0 Å². The molecule has 7 heteroatoms. The van der Waals surface area contributed by atoms with Crippen molar-refractivity contribution in [3.8, 4) is 0 Å². The molecule has 1 aromatic rings. The summed E-state index contributed by atoms with van der Waals surface area (Å²) in [6, 6.07) is 4.32. The number of hydrogen-bond acceptors (Lipinski definition) is 3. The van der Waals surface area contributed by atoms with Crippen molar-refractivity contribution in [2.75, 3.05) is 6.61 Å². The van der Waals surface area contributed by atoms with Crippen LogP contribution in [0.4, 0.5) is 13.2 Å². The van der Waals surface area contributed by atoms with Crippen LogP contribution < -0.4 is 5.32 Å². The maximum atomic E-state index is 13.4. The summed E-state index contributed by atoms with van der Waals surface area (Å²) < 4.78 is 40.2. The first-order chi connectivity index (χ1) is 9.71. The van der Waals surface area contributed by atoms with Crippen LogP contribution in [0.1, 0.15) is 17.3 Å². The quantitative estimate of drug-likeness (QED) is 0.842. The predicted molar refractivity (Wildman–Crippen MR) is 72.0 cm³/mol. The molecule has 2 rings (SSSR count). The number of Topliss-reactive ketones (excluding diaryl/α,β-unsaturated/α-hetero) is 1. The van der Waals surface area contributed by atoms with Gasteiger partial charge in [-0.3, -0.25) is 4.79 Å². The van der Waals surface area contributed by atoms with E-state index in [1.807, 2.05) is 0 Å². The zero-order chi connectivity index (χ0) is 15.8. The molecule has 0 saturated heterocycles. The maximum Gasteiger partial charge on any atom is 0.400 e. The molecule has 0 saturated carbocycles. The minimum atomic E-state index is -4.67. The van der Waals surface area contributed by atoms with Crippen LogP contribution in [-0.4, -0.2) is 29.7 Å². The van der Waals surface area contributed by atoms with Gasteiger partial charge >= 0.3 is 6.18 Å². The highest BCUT2D eigenvalue weighted by Crippen LogP contribution is 2.49. The molecule has 0 spiro atoms. The van der Waals surface area contributed by atoms with E-state index in [-0.39, 0.29) is 5.56 Å². The molecule has 21 heavy (non-hydrogen) atoms. The Hall–Kier alpha value is -1.53. The molecule has 0 aromatic heterocycles. The number of aliphatic hydroxyl groups excluding tert-OH is 1. The second-order valence-electron chi connectivity index (χ2n) is 5.00. The Balaban J connectivity index is 2.43. The van der Waals surface area contributed by atoms with Gasteiger partial charge in [-0.25, -0.2) is 0 Å². The lowest BCUT2D eigenvalue weighted by molar-refractivity contribution is -0.210. The monoisotopic (exact) mass is 319 g/mol. The summed E-state index contributed by atoms with van der Waals surface area (Å²) >= 11 is 5.70. The summed E-state index contributed by atoms with van der Waals surface area (Å²) in [7, 11) is 0. The summed E-state index contributed by atoms with van der Waals surface area (Å²) in [4.78, 5) is 12.3. The number of carbonyl (C=O) groups is 1. The molecule has 1 aliphatic rings. The first-order valence-electron chi connectivity index (χ1n) is 6.16. The molecule has 0 radical (unpaired) electrons. The van der Waals surface area contributed by atoms with Gasteiger partial charge in [0.05, 0.1) is 12.6 Å². The van der Waals surface area contributed by atoms with Crippen LogP contribution in [0.2, 0.25) is 5.02 Å². The Labute approximate surface area is 124 Å². The number of ketones is 1. The zero-order valence-corrected chi connectivity index (χ0v) is 11.8. The van der Waals surface area contributed by atoms with Crippen LogP contribution in [0.3, 0.4) is 0 Å². The third kappa shape index (κ3) is 2.53. The summed E-state index contributed by atoms with van der Waals surface area (Å²) in [6.07, 6.45) is -3.64. The molecule has 3 nitrogen and oxygen atoms in total. The third-order valence-electron chi connectivity index (χ3n) is 3.81. The van der Waals surface area contributed by atoms with Crippen molar-refractivity contribution in [3.63, 3.8) is 0 Å². The fraction of sp³-hybridized carbons (Fsp3) is 0.357. The molecule has 1 heterocycles. The van der Waals surface area contributed by atoms with E-state index in [2.05, 4.69) is 5.32 Å². The molecular weight excluding hydrogens is 307 g/mol. The molecule has 1 aliphatic heterocycles. The Bertz CT molecular complexity index is 583. The van der Waals surface area contributed by atoms with Crippen molar-refractivity contribution in [1.82, 2.24) is 5.32 Å². The van der Waals surface area contributed by atoms with E-state index < -0.39 is 35.6 Å². The Morgan fingerprint density at radius 3 is 2.43 bits per heavy atom. The molecular formula is C14H13ClF3NO2. The van der Waals surface area contributed by atoms with E-state index >= 15 is 0 Å². The van der Waals surface area contributed by atoms with Gasteiger partial charge in [-0.1, -0.05) is 11.6 Å². The number of carbonyl (C=O) groups excluding carboxylic acids is 1. The molecule has 1 aromatic carbocycles. The minimum absolute atomic E-state index is 0.113.